The van der Waals surface area contributed by atoms with E-state index < -0.39 is 22.6 Å². The summed E-state index contributed by atoms with van der Waals surface area (Å²) in [4.78, 5) is 11.8. The minimum atomic E-state index is -3.06. The standard InChI is InChI=1S/C15H20FNO4S/c1-3-6-11-9-12(15(18)21-2)14(16)13(10-11)17-7-4-5-8-22(17,19)20/h3,6,9-10,19-20H,4-5,7-8H2,1-2H3/b6-3-. The fourth-order valence-electron chi connectivity index (χ4n) is 2.45. The average Bonchev–Trinajstić information content (AvgIpc) is 2.48. The fourth-order valence-corrected chi connectivity index (χ4v) is 4.13. The minimum Gasteiger partial charge on any atom is -0.465 e. The first-order chi connectivity index (χ1) is 10.4. The first kappa shape index (κ1) is 16.8. The highest BCUT2D eigenvalue weighted by molar-refractivity contribution is 8.25. The number of ether oxygens (including phenoxy) is 1. The predicted molar refractivity (Wildman–Crippen MR) is 86.7 cm³/mol. The lowest BCUT2D eigenvalue weighted by molar-refractivity contribution is 0.0595. The monoisotopic (exact) mass is 329 g/mol. The van der Waals surface area contributed by atoms with Gasteiger partial charge in [-0.3, -0.25) is 13.4 Å². The Balaban J connectivity index is 2.58. The molecule has 122 valence electrons. The zero-order valence-electron chi connectivity index (χ0n) is 12.6. The molecule has 2 N–H and O–H groups in total. The molecule has 1 heterocycles. The van der Waals surface area contributed by atoms with Gasteiger partial charge >= 0.3 is 5.97 Å². The molecule has 0 saturated carbocycles. The van der Waals surface area contributed by atoms with Gasteiger partial charge in [0.2, 0.25) is 0 Å². The van der Waals surface area contributed by atoms with Crippen molar-refractivity contribution >= 4 is 28.5 Å². The third-order valence-electron chi connectivity index (χ3n) is 3.49. The molecule has 0 amide bonds. The molecule has 0 aromatic heterocycles. The number of methoxy groups -OCH3 is 1. The lowest BCUT2D eigenvalue weighted by atomic mass is 10.1. The molecule has 0 aliphatic carbocycles. The van der Waals surface area contributed by atoms with E-state index in [1.807, 2.05) is 0 Å². The van der Waals surface area contributed by atoms with Crippen molar-refractivity contribution in [3.8, 4) is 0 Å². The van der Waals surface area contributed by atoms with Crippen LogP contribution in [-0.2, 0) is 4.74 Å². The maximum Gasteiger partial charge on any atom is 0.340 e. The van der Waals surface area contributed by atoms with Gasteiger partial charge in [-0.1, -0.05) is 12.2 Å². The topological polar surface area (TPSA) is 70.0 Å². The molecule has 0 radical (unpaired) electrons. The van der Waals surface area contributed by atoms with Crippen molar-refractivity contribution < 1.29 is 23.0 Å². The van der Waals surface area contributed by atoms with Gasteiger partial charge in [0, 0.05) is 6.54 Å². The molecular formula is C15H20FNO4S. The maximum absolute atomic E-state index is 14.7. The van der Waals surface area contributed by atoms with Crippen LogP contribution in [0.1, 0.15) is 35.7 Å². The Morgan fingerprint density at radius 3 is 2.73 bits per heavy atom. The van der Waals surface area contributed by atoms with Crippen LogP contribution in [0.4, 0.5) is 10.1 Å². The molecule has 0 spiro atoms. The first-order valence-corrected chi connectivity index (χ1v) is 8.66. The van der Waals surface area contributed by atoms with E-state index in [2.05, 4.69) is 4.74 Å². The van der Waals surface area contributed by atoms with Gasteiger partial charge in [-0.05, 0) is 37.5 Å². The van der Waals surface area contributed by atoms with Gasteiger partial charge in [-0.25, -0.2) is 9.18 Å². The molecule has 1 aliphatic rings. The van der Waals surface area contributed by atoms with Crippen molar-refractivity contribution in [1.29, 1.82) is 0 Å². The van der Waals surface area contributed by atoms with E-state index in [0.717, 1.165) is 6.42 Å². The molecule has 0 unspecified atom stereocenters. The van der Waals surface area contributed by atoms with Crippen molar-refractivity contribution in [3.05, 3.63) is 35.2 Å². The van der Waals surface area contributed by atoms with Gasteiger partial charge in [0.25, 0.3) is 0 Å². The molecule has 0 atom stereocenters. The Kier molecular flexibility index (Phi) is 5.10. The summed E-state index contributed by atoms with van der Waals surface area (Å²) in [5.74, 6) is -1.38. The van der Waals surface area contributed by atoms with E-state index in [1.165, 1.54) is 23.5 Å². The van der Waals surface area contributed by atoms with Crippen molar-refractivity contribution in [3.63, 3.8) is 0 Å². The number of hydrogen-bond acceptors (Lipinski definition) is 5. The van der Waals surface area contributed by atoms with E-state index in [1.54, 1.807) is 19.1 Å². The summed E-state index contributed by atoms with van der Waals surface area (Å²) in [6.45, 7) is 2.13. The number of anilines is 1. The van der Waals surface area contributed by atoms with E-state index in [4.69, 9.17) is 0 Å². The Labute approximate surface area is 130 Å². The van der Waals surface area contributed by atoms with Crippen LogP contribution in [0.3, 0.4) is 0 Å². The van der Waals surface area contributed by atoms with E-state index in [-0.39, 0.29) is 17.0 Å². The highest BCUT2D eigenvalue weighted by Crippen LogP contribution is 2.50. The average molecular weight is 329 g/mol. The Bertz CT molecular complexity index is 603. The molecule has 2 rings (SSSR count). The summed E-state index contributed by atoms with van der Waals surface area (Å²) in [6.07, 6.45) is 4.88. The largest absolute Gasteiger partial charge is 0.465 e. The molecule has 1 aromatic rings. The lowest BCUT2D eigenvalue weighted by Crippen LogP contribution is -2.35. The third-order valence-corrected chi connectivity index (χ3v) is 5.41. The second-order valence-electron chi connectivity index (χ2n) is 5.04. The van der Waals surface area contributed by atoms with Crippen LogP contribution < -0.4 is 4.31 Å². The number of hydrogen-bond donors (Lipinski definition) is 2. The van der Waals surface area contributed by atoms with Crippen LogP contribution >= 0.6 is 10.8 Å². The van der Waals surface area contributed by atoms with Crippen LogP contribution in [0, 0.1) is 5.82 Å². The van der Waals surface area contributed by atoms with Gasteiger partial charge in [0.05, 0.1) is 24.1 Å². The van der Waals surface area contributed by atoms with Crippen molar-refractivity contribution in [2.45, 2.75) is 19.8 Å². The van der Waals surface area contributed by atoms with Crippen LogP contribution in [0.5, 0.6) is 0 Å². The van der Waals surface area contributed by atoms with Gasteiger partial charge in [0.1, 0.15) is 0 Å². The predicted octanol–water partition coefficient (Wildman–Crippen LogP) is 3.91. The number of carbonyl (C=O) groups is 1. The van der Waals surface area contributed by atoms with Gasteiger partial charge in [0.15, 0.2) is 5.82 Å². The molecule has 1 aromatic carbocycles. The van der Waals surface area contributed by atoms with Crippen LogP contribution in [0.2, 0.25) is 0 Å². The molecule has 7 heteroatoms. The van der Waals surface area contributed by atoms with Crippen molar-refractivity contribution in [1.82, 2.24) is 0 Å². The molecular weight excluding hydrogens is 309 g/mol. The number of nitrogens with zero attached hydrogens (tertiary/aromatic N) is 1. The fraction of sp³-hybridized carbons (Fsp3) is 0.400. The molecule has 5 nitrogen and oxygen atoms in total. The first-order valence-electron chi connectivity index (χ1n) is 6.99. The quantitative estimate of drug-likeness (QED) is 0.823. The number of esters is 1. The Morgan fingerprint density at radius 1 is 1.41 bits per heavy atom. The number of carbonyl (C=O) groups excluding carboxylic acids is 1. The molecule has 1 fully saturated rings. The summed E-state index contributed by atoms with van der Waals surface area (Å²) < 4.78 is 40.9. The number of allylic oxidation sites excluding steroid dienone is 1. The summed E-state index contributed by atoms with van der Waals surface area (Å²) in [7, 11) is -1.88. The third kappa shape index (κ3) is 3.26. The van der Waals surface area contributed by atoms with Gasteiger partial charge < -0.3 is 4.74 Å². The van der Waals surface area contributed by atoms with Crippen LogP contribution in [0.15, 0.2) is 18.2 Å². The van der Waals surface area contributed by atoms with E-state index >= 15 is 0 Å². The molecule has 0 bridgehead atoms. The smallest absolute Gasteiger partial charge is 0.340 e. The second-order valence-corrected chi connectivity index (χ2v) is 7.15. The highest BCUT2D eigenvalue weighted by Gasteiger charge is 2.31. The Morgan fingerprint density at radius 2 is 2.14 bits per heavy atom. The van der Waals surface area contributed by atoms with Gasteiger partial charge in [-0.15, -0.1) is 10.8 Å². The number of rotatable bonds is 3. The SMILES string of the molecule is C/C=C\c1cc(C(=O)OC)c(F)c(N2CCCCS2(O)O)c1. The molecule has 22 heavy (non-hydrogen) atoms. The zero-order valence-corrected chi connectivity index (χ0v) is 13.4. The zero-order chi connectivity index (χ0) is 16.3. The highest BCUT2D eigenvalue weighted by atomic mass is 32.3. The Hall–Kier alpha value is -1.57. The van der Waals surface area contributed by atoms with Gasteiger partial charge in [-0.2, -0.15) is 0 Å². The molecule has 1 saturated heterocycles. The number of halogens is 1. The summed E-state index contributed by atoms with van der Waals surface area (Å²) in [5, 5.41) is 0. The van der Waals surface area contributed by atoms with E-state index in [0.29, 0.717) is 18.5 Å². The number of benzene rings is 1. The normalized spacial score (nSPS) is 19.2. The van der Waals surface area contributed by atoms with Crippen molar-refractivity contribution in [2.24, 2.45) is 0 Å². The summed E-state index contributed by atoms with van der Waals surface area (Å²) in [5.41, 5.74) is 0.407. The van der Waals surface area contributed by atoms with E-state index in [9.17, 15) is 18.3 Å². The maximum atomic E-state index is 14.7. The second kappa shape index (κ2) is 6.68. The van der Waals surface area contributed by atoms with Crippen LogP contribution in [0.25, 0.3) is 6.08 Å². The molecule has 1 aliphatic heterocycles. The lowest BCUT2D eigenvalue weighted by Gasteiger charge is -2.47. The summed E-state index contributed by atoms with van der Waals surface area (Å²) in [6, 6.07) is 2.90. The summed E-state index contributed by atoms with van der Waals surface area (Å²) >= 11 is 0. The van der Waals surface area contributed by atoms with Crippen molar-refractivity contribution in [2.75, 3.05) is 23.7 Å². The van der Waals surface area contributed by atoms with Crippen LogP contribution in [-0.4, -0.2) is 34.5 Å². The minimum absolute atomic E-state index is 0.0238.